The maximum Gasteiger partial charge on any atom is 0.0490 e. The third-order valence-corrected chi connectivity index (χ3v) is 11.4. The minimum absolute atomic E-state index is 0.531. The molecule has 1 aromatic rings. The van der Waals surface area contributed by atoms with Gasteiger partial charge in [-0.1, -0.05) is 50.6 Å². The molecule has 4 fully saturated rings. The fourth-order valence-corrected chi connectivity index (χ4v) is 9.88. The highest BCUT2D eigenvalue weighted by Gasteiger charge is 2.58. The number of hydrogen-bond acceptors (Lipinski definition) is 2. The molecule has 0 amide bonds. The first-order valence-electron chi connectivity index (χ1n) is 14.2. The molecule has 4 aliphatic rings. The minimum atomic E-state index is 0.531. The lowest BCUT2D eigenvalue weighted by molar-refractivity contribution is -0.140. The molecule has 0 aliphatic heterocycles. The van der Waals surface area contributed by atoms with Crippen LogP contribution in [0.15, 0.2) is 30.3 Å². The van der Waals surface area contributed by atoms with Gasteiger partial charge in [-0.05, 0) is 117 Å². The molecule has 4 aliphatic carbocycles. The summed E-state index contributed by atoms with van der Waals surface area (Å²) in [5.41, 5.74) is 2.53. The highest BCUT2D eigenvalue weighted by molar-refractivity contribution is 5.15. The van der Waals surface area contributed by atoms with E-state index in [4.69, 9.17) is 4.74 Å². The molecule has 5 rings (SSSR count). The van der Waals surface area contributed by atoms with Gasteiger partial charge in [0, 0.05) is 26.3 Å². The first-order valence-corrected chi connectivity index (χ1v) is 14.2. The van der Waals surface area contributed by atoms with Gasteiger partial charge in [-0.25, -0.2) is 0 Å². The molecule has 0 spiro atoms. The second-order valence-corrected chi connectivity index (χ2v) is 13.1. The van der Waals surface area contributed by atoms with Crippen molar-refractivity contribution in [1.29, 1.82) is 0 Å². The number of rotatable bonds is 6. The summed E-state index contributed by atoms with van der Waals surface area (Å²) in [5, 5.41) is 3.96. The van der Waals surface area contributed by atoms with Gasteiger partial charge in [-0.15, -0.1) is 0 Å². The molecule has 4 saturated carbocycles. The van der Waals surface area contributed by atoms with Crippen molar-refractivity contribution < 1.29 is 4.74 Å². The molecular formula is C31H49NO. The van der Waals surface area contributed by atoms with Gasteiger partial charge in [0.25, 0.3) is 0 Å². The molecule has 33 heavy (non-hydrogen) atoms. The lowest BCUT2D eigenvalue weighted by Crippen LogP contribution is -2.57. The van der Waals surface area contributed by atoms with Crippen LogP contribution in [-0.4, -0.2) is 19.8 Å². The van der Waals surface area contributed by atoms with Crippen molar-refractivity contribution in [2.45, 2.75) is 97.6 Å². The predicted molar refractivity (Wildman–Crippen MR) is 138 cm³/mol. The van der Waals surface area contributed by atoms with Crippen LogP contribution < -0.4 is 5.32 Å². The highest BCUT2D eigenvalue weighted by atomic mass is 16.5. The standard InChI is InChI=1S/C31H49NO/c1-22(32-20-23-9-6-5-7-10-23)27-11-8-12-29-26-15-17-30(2)19-24(21-33-4)13-14-28(30)25(26)16-18-31(27,29)3/h5-7,9-10,22,24-29,32H,8,11-21H2,1-4H3/t22?,24-,25?,26+,27+,28+,29?,30+,31+/m0/s1. The SMILES string of the molecule is COC[C@H]1CC[C@@H]2C3CC[C@@]4(C)C(CCC[C@@H]4C(C)NCc4ccccc4)[C@@H]3CC[C@]2(C)C1. The minimum Gasteiger partial charge on any atom is -0.384 e. The highest BCUT2D eigenvalue weighted by Crippen LogP contribution is 2.66. The first-order chi connectivity index (χ1) is 15.9. The number of ether oxygens (including phenoxy) is 1. The maximum atomic E-state index is 5.57. The summed E-state index contributed by atoms with van der Waals surface area (Å²) in [5.74, 6) is 5.55. The predicted octanol–water partition coefficient (Wildman–Crippen LogP) is 7.48. The monoisotopic (exact) mass is 451 g/mol. The van der Waals surface area contributed by atoms with E-state index < -0.39 is 0 Å². The van der Waals surface area contributed by atoms with E-state index >= 15 is 0 Å². The third-order valence-electron chi connectivity index (χ3n) is 11.4. The van der Waals surface area contributed by atoms with Gasteiger partial charge in [0.1, 0.15) is 0 Å². The van der Waals surface area contributed by atoms with Gasteiger partial charge < -0.3 is 10.1 Å². The molecular weight excluding hydrogens is 402 g/mol. The van der Waals surface area contributed by atoms with Crippen molar-refractivity contribution in [3.8, 4) is 0 Å². The molecule has 0 radical (unpaired) electrons. The van der Waals surface area contributed by atoms with Crippen LogP contribution in [0, 0.1) is 46.3 Å². The second-order valence-electron chi connectivity index (χ2n) is 13.1. The Bertz CT molecular complexity index is 778. The Morgan fingerprint density at radius 2 is 1.70 bits per heavy atom. The van der Waals surface area contributed by atoms with E-state index in [-0.39, 0.29) is 0 Å². The van der Waals surface area contributed by atoms with E-state index in [1.807, 2.05) is 7.11 Å². The largest absolute Gasteiger partial charge is 0.384 e. The summed E-state index contributed by atoms with van der Waals surface area (Å²) < 4.78 is 5.57. The fourth-order valence-electron chi connectivity index (χ4n) is 9.88. The average molecular weight is 452 g/mol. The van der Waals surface area contributed by atoms with Crippen molar-refractivity contribution in [3.63, 3.8) is 0 Å². The second kappa shape index (κ2) is 9.65. The van der Waals surface area contributed by atoms with E-state index in [9.17, 15) is 0 Å². The van der Waals surface area contributed by atoms with Crippen LogP contribution >= 0.6 is 0 Å². The van der Waals surface area contributed by atoms with E-state index in [1.165, 1.54) is 69.8 Å². The van der Waals surface area contributed by atoms with Gasteiger partial charge in [-0.3, -0.25) is 0 Å². The van der Waals surface area contributed by atoms with Crippen molar-refractivity contribution in [2.24, 2.45) is 46.3 Å². The van der Waals surface area contributed by atoms with Crippen LogP contribution in [-0.2, 0) is 11.3 Å². The zero-order valence-electron chi connectivity index (χ0n) is 21.8. The molecule has 0 heterocycles. The summed E-state index contributed by atoms with van der Waals surface area (Å²) in [6, 6.07) is 11.6. The molecule has 184 valence electrons. The van der Waals surface area contributed by atoms with Crippen LogP contribution in [0.1, 0.15) is 90.5 Å². The topological polar surface area (TPSA) is 21.3 Å². The summed E-state index contributed by atoms with van der Waals surface area (Å²) in [6.07, 6.45) is 14.6. The number of fused-ring (bicyclic) bond motifs is 5. The Morgan fingerprint density at radius 3 is 2.48 bits per heavy atom. The smallest absolute Gasteiger partial charge is 0.0490 e. The third kappa shape index (κ3) is 4.44. The van der Waals surface area contributed by atoms with Crippen LogP contribution in [0.25, 0.3) is 0 Å². The molecule has 2 nitrogen and oxygen atoms in total. The Morgan fingerprint density at radius 1 is 0.939 bits per heavy atom. The average Bonchev–Trinajstić information content (AvgIpc) is 2.82. The van der Waals surface area contributed by atoms with E-state index in [0.29, 0.717) is 16.9 Å². The molecule has 2 heteroatoms. The molecule has 0 aromatic heterocycles. The van der Waals surface area contributed by atoms with Crippen molar-refractivity contribution in [3.05, 3.63) is 35.9 Å². The molecule has 1 aromatic carbocycles. The summed E-state index contributed by atoms with van der Waals surface area (Å²) in [6.45, 7) is 9.84. The Labute approximate surface area is 203 Å². The van der Waals surface area contributed by atoms with Gasteiger partial charge >= 0.3 is 0 Å². The zero-order chi connectivity index (χ0) is 23.1. The number of benzene rings is 1. The van der Waals surface area contributed by atoms with Gasteiger partial charge in [0.15, 0.2) is 0 Å². The summed E-state index contributed by atoms with van der Waals surface area (Å²) >= 11 is 0. The van der Waals surface area contributed by atoms with Crippen LogP contribution in [0.4, 0.5) is 0 Å². The van der Waals surface area contributed by atoms with Crippen molar-refractivity contribution in [2.75, 3.05) is 13.7 Å². The summed E-state index contributed by atoms with van der Waals surface area (Å²) in [4.78, 5) is 0. The molecule has 0 saturated heterocycles. The molecule has 1 N–H and O–H groups in total. The van der Waals surface area contributed by atoms with Crippen LogP contribution in [0.3, 0.4) is 0 Å². The molecule has 3 unspecified atom stereocenters. The van der Waals surface area contributed by atoms with Crippen molar-refractivity contribution >= 4 is 0 Å². The van der Waals surface area contributed by atoms with Gasteiger partial charge in [-0.2, -0.15) is 0 Å². The van der Waals surface area contributed by atoms with E-state index in [0.717, 1.165) is 48.7 Å². The van der Waals surface area contributed by atoms with Gasteiger partial charge in [0.2, 0.25) is 0 Å². The van der Waals surface area contributed by atoms with Crippen LogP contribution in [0.5, 0.6) is 0 Å². The van der Waals surface area contributed by atoms with Crippen molar-refractivity contribution in [1.82, 2.24) is 5.32 Å². The molecule has 9 atom stereocenters. The first kappa shape index (κ1) is 23.9. The number of nitrogens with one attached hydrogen (secondary N) is 1. The Kier molecular flexibility index (Phi) is 6.98. The maximum absolute atomic E-state index is 5.57. The van der Waals surface area contributed by atoms with Gasteiger partial charge in [0.05, 0.1) is 0 Å². The fraction of sp³-hybridized carbons (Fsp3) is 0.806. The van der Waals surface area contributed by atoms with Crippen LogP contribution in [0.2, 0.25) is 0 Å². The number of methoxy groups -OCH3 is 1. The molecule has 0 bridgehead atoms. The van der Waals surface area contributed by atoms with E-state index in [2.05, 4.69) is 56.4 Å². The number of hydrogen-bond donors (Lipinski definition) is 1. The summed E-state index contributed by atoms with van der Waals surface area (Å²) in [7, 11) is 1.89. The quantitative estimate of drug-likeness (QED) is 0.484. The lowest BCUT2D eigenvalue weighted by Gasteiger charge is -2.63. The zero-order valence-corrected chi connectivity index (χ0v) is 21.8. The Balaban J connectivity index is 1.28. The Hall–Kier alpha value is -0.860. The normalized spacial score (nSPS) is 43.8. The van der Waals surface area contributed by atoms with E-state index in [1.54, 1.807) is 0 Å². The lowest BCUT2D eigenvalue weighted by atomic mass is 9.42.